The molecule has 6 aromatic carbocycles. The van der Waals surface area contributed by atoms with Crippen LogP contribution in [-0.2, 0) is 52.4 Å². The van der Waals surface area contributed by atoms with Crippen molar-refractivity contribution in [2.24, 2.45) is 0 Å². The van der Waals surface area contributed by atoms with Gasteiger partial charge in [-0.15, -0.1) is 92.3 Å². The largest absolute Gasteiger partial charge is 2.00 e. The Balaban J connectivity index is 0.000000279. The number of allylic oxidation sites excluding steroid dienone is 8. The third kappa shape index (κ3) is 9.50. The predicted octanol–water partition coefficient (Wildman–Crippen LogP) is 4.04. The van der Waals surface area contributed by atoms with Crippen LogP contribution in [0.3, 0.4) is 0 Å². The monoisotopic (exact) mass is 710 g/mol. The predicted molar refractivity (Wildman–Crippen MR) is 157 cm³/mol. The van der Waals surface area contributed by atoms with E-state index in [4.69, 9.17) is 0 Å². The molecule has 0 fully saturated rings. The van der Waals surface area contributed by atoms with Gasteiger partial charge in [-0.05, 0) is 0 Å². The number of rotatable bonds is 0. The van der Waals surface area contributed by atoms with Crippen LogP contribution in [-0.4, -0.2) is 0 Å². The van der Waals surface area contributed by atoms with Crippen LogP contribution in [0.5, 0.6) is 0 Å². The Morgan fingerprint density at radius 1 is 0.425 bits per heavy atom. The van der Waals surface area contributed by atoms with Gasteiger partial charge in [0.25, 0.3) is 0 Å². The minimum atomic E-state index is 0. The summed E-state index contributed by atoms with van der Waals surface area (Å²) in [6, 6.07) is 38.5. The quantitative estimate of drug-likeness (QED) is 0.209. The van der Waals surface area contributed by atoms with Crippen LogP contribution in [0.15, 0.2) is 146 Å². The van der Waals surface area contributed by atoms with Crippen molar-refractivity contribution in [2.45, 2.75) is 12.8 Å². The van der Waals surface area contributed by atoms with E-state index in [1.807, 2.05) is 24.3 Å². The SMILES string of the molecule is [C-]1=CC=CC1.[C-]1=CC=CC1.[Cl-].[Cl-].[Zr+2].[Zr+2].c1ccc2c(c1)[cH-]c1ccccc12.c1ccc2c(c1)[cH-]c1ccccc12. The third-order valence-corrected chi connectivity index (χ3v) is 6.22. The second kappa shape index (κ2) is 19.1. The Kier molecular flexibility index (Phi) is 17.2. The summed E-state index contributed by atoms with van der Waals surface area (Å²) in [6.07, 6.45) is 20.0. The van der Waals surface area contributed by atoms with E-state index in [0.717, 1.165) is 12.8 Å². The summed E-state index contributed by atoms with van der Waals surface area (Å²) in [5, 5.41) is 10.8. The van der Waals surface area contributed by atoms with Crippen LogP contribution >= 0.6 is 0 Å². The van der Waals surface area contributed by atoms with Crippen molar-refractivity contribution in [1.82, 2.24) is 0 Å². The molecule has 6 aromatic rings. The molecule has 0 unspecified atom stereocenters. The van der Waals surface area contributed by atoms with Gasteiger partial charge in [0, 0.05) is 0 Å². The molecule has 8 rings (SSSR count). The van der Waals surface area contributed by atoms with Crippen molar-refractivity contribution < 1.29 is 77.2 Å². The van der Waals surface area contributed by atoms with Crippen molar-refractivity contribution in [2.75, 3.05) is 0 Å². The van der Waals surface area contributed by atoms with Crippen LogP contribution < -0.4 is 24.8 Å². The molecule has 0 N–H and O–H groups in total. The fraction of sp³-hybridized carbons (Fsp3) is 0.0556. The van der Waals surface area contributed by atoms with E-state index < -0.39 is 0 Å². The van der Waals surface area contributed by atoms with Crippen LogP contribution in [0.25, 0.3) is 43.1 Å². The maximum absolute atomic E-state index is 2.99. The second-order valence-corrected chi connectivity index (χ2v) is 8.64. The van der Waals surface area contributed by atoms with Crippen molar-refractivity contribution in [3.8, 4) is 0 Å². The van der Waals surface area contributed by atoms with Gasteiger partial charge in [-0.25, -0.2) is 24.3 Å². The van der Waals surface area contributed by atoms with Crippen LogP contribution in [0.4, 0.5) is 0 Å². The van der Waals surface area contributed by atoms with Gasteiger partial charge in [0.1, 0.15) is 0 Å². The Labute approximate surface area is 288 Å². The van der Waals surface area contributed by atoms with Gasteiger partial charge in [-0.2, -0.15) is 12.2 Å². The zero-order valence-corrected chi connectivity index (χ0v) is 28.5. The van der Waals surface area contributed by atoms with Gasteiger partial charge in [-0.3, -0.25) is 12.2 Å². The number of hydrogen-bond donors (Lipinski definition) is 0. The summed E-state index contributed by atoms with van der Waals surface area (Å²) in [5.41, 5.74) is 0. The summed E-state index contributed by atoms with van der Waals surface area (Å²) in [6.45, 7) is 0. The Hall–Kier alpha value is -2.07. The smallest absolute Gasteiger partial charge is 1.00 e. The third-order valence-electron chi connectivity index (χ3n) is 6.22. The summed E-state index contributed by atoms with van der Waals surface area (Å²) >= 11 is 0. The molecule has 0 bridgehead atoms. The zero-order chi connectivity index (χ0) is 24.4. The van der Waals surface area contributed by atoms with E-state index in [2.05, 4.69) is 133 Å². The molecule has 2 aliphatic carbocycles. The molecule has 0 saturated carbocycles. The van der Waals surface area contributed by atoms with Crippen LogP contribution in [0, 0.1) is 12.2 Å². The van der Waals surface area contributed by atoms with Crippen molar-refractivity contribution in [3.05, 3.63) is 158 Å². The maximum Gasteiger partial charge on any atom is 2.00 e. The molecule has 40 heavy (non-hydrogen) atoms. The number of fused-ring (bicyclic) bond motifs is 6. The molecule has 0 saturated heterocycles. The van der Waals surface area contributed by atoms with Crippen LogP contribution in [0.2, 0.25) is 0 Å². The van der Waals surface area contributed by atoms with Gasteiger partial charge in [0.05, 0.1) is 0 Å². The maximum atomic E-state index is 2.99. The Morgan fingerprint density at radius 2 is 0.700 bits per heavy atom. The average Bonchev–Trinajstić information content (AvgIpc) is 3.77. The minimum absolute atomic E-state index is 0. The molecule has 0 atom stereocenters. The van der Waals surface area contributed by atoms with Gasteiger partial charge in [0.2, 0.25) is 0 Å². The first-order chi connectivity index (χ1) is 17.9. The molecule has 0 radical (unpaired) electrons. The summed E-state index contributed by atoms with van der Waals surface area (Å²) in [7, 11) is 0. The van der Waals surface area contributed by atoms with E-state index in [0.29, 0.717) is 0 Å². The molecule has 4 heteroatoms. The van der Waals surface area contributed by atoms with E-state index in [1.165, 1.54) is 43.1 Å². The summed E-state index contributed by atoms with van der Waals surface area (Å²) < 4.78 is 0. The fourth-order valence-corrected chi connectivity index (χ4v) is 4.49. The van der Waals surface area contributed by atoms with Gasteiger partial charge in [0.15, 0.2) is 0 Å². The molecule has 2 aliphatic rings. The standard InChI is InChI=1S/2C13H9.2C5H5.2ClH.2Zr/c2*1-3-7-12-10(5-1)9-11-6-2-4-8-13(11)12;2*1-2-4-5-3-1;;;;/h2*1-9H;2*1-3H,4H2;2*1H;;/q4*-1;;;2*+2/p-2. The minimum Gasteiger partial charge on any atom is -1.00 e. The van der Waals surface area contributed by atoms with Gasteiger partial charge in [-0.1, -0.05) is 72.8 Å². The molecule has 0 aromatic heterocycles. The molecular formula is C36H28Cl2Zr2-2. The topological polar surface area (TPSA) is 0 Å². The van der Waals surface area contributed by atoms with E-state index in [1.54, 1.807) is 0 Å². The number of benzene rings is 4. The molecule has 0 amide bonds. The Bertz CT molecular complexity index is 1450. The first-order valence-corrected chi connectivity index (χ1v) is 12.4. The van der Waals surface area contributed by atoms with Crippen molar-refractivity contribution in [3.63, 3.8) is 0 Å². The first kappa shape index (κ1) is 36.0. The summed E-state index contributed by atoms with van der Waals surface area (Å²) in [4.78, 5) is 0. The van der Waals surface area contributed by atoms with Gasteiger partial charge >= 0.3 is 52.4 Å². The first-order valence-electron chi connectivity index (χ1n) is 12.4. The number of hydrogen-bond acceptors (Lipinski definition) is 0. The van der Waals surface area contributed by atoms with E-state index in [9.17, 15) is 0 Å². The molecule has 0 spiro atoms. The Morgan fingerprint density at radius 3 is 0.900 bits per heavy atom. The second-order valence-electron chi connectivity index (χ2n) is 8.64. The fourth-order valence-electron chi connectivity index (χ4n) is 4.49. The molecule has 0 heterocycles. The van der Waals surface area contributed by atoms with E-state index in [-0.39, 0.29) is 77.2 Å². The molecule has 0 aliphatic heterocycles. The van der Waals surface area contributed by atoms with Crippen molar-refractivity contribution >= 4 is 43.1 Å². The molecular weight excluding hydrogens is 686 g/mol. The average molecular weight is 714 g/mol. The van der Waals surface area contributed by atoms with Gasteiger partial charge < -0.3 is 24.8 Å². The zero-order valence-electron chi connectivity index (χ0n) is 22.0. The van der Waals surface area contributed by atoms with Crippen molar-refractivity contribution in [1.29, 1.82) is 0 Å². The molecule has 196 valence electrons. The normalized spacial score (nSPS) is 11.6. The number of halogens is 2. The summed E-state index contributed by atoms with van der Waals surface area (Å²) in [5.74, 6) is 0. The van der Waals surface area contributed by atoms with E-state index >= 15 is 0 Å². The van der Waals surface area contributed by atoms with Crippen LogP contribution in [0.1, 0.15) is 12.8 Å². The molecule has 0 nitrogen and oxygen atoms in total.